The summed E-state index contributed by atoms with van der Waals surface area (Å²) in [6.45, 7) is 9.28. The molecule has 6 nitrogen and oxygen atoms in total. The van der Waals surface area contributed by atoms with Gasteiger partial charge in [0.05, 0.1) is 30.0 Å². The van der Waals surface area contributed by atoms with E-state index in [0.717, 1.165) is 62.5 Å². The molecule has 0 radical (unpaired) electrons. The summed E-state index contributed by atoms with van der Waals surface area (Å²) in [4.78, 5) is 11.4. The number of nitrogens with one attached hydrogen (secondary N) is 2. The number of hydrogen-bond acceptors (Lipinski definition) is 5. The molecule has 2 N–H and O–H groups in total. The Morgan fingerprint density at radius 2 is 1.96 bits per heavy atom. The van der Waals surface area contributed by atoms with Gasteiger partial charge in [-0.25, -0.2) is 4.98 Å². The first-order valence-corrected chi connectivity index (χ1v) is 10.8. The Bertz CT molecular complexity index is 752. The summed E-state index contributed by atoms with van der Waals surface area (Å²) in [6, 6.07) is 9.14. The lowest BCUT2D eigenvalue weighted by Crippen LogP contribution is -2.46. The zero-order valence-electron chi connectivity index (χ0n) is 17.1. The molecular weight excluding hydrogens is 370 g/mol. The maximum atomic E-state index is 5.55. The van der Waals surface area contributed by atoms with E-state index in [0.29, 0.717) is 6.04 Å². The predicted molar refractivity (Wildman–Crippen MR) is 116 cm³/mol. The van der Waals surface area contributed by atoms with E-state index in [2.05, 4.69) is 62.1 Å². The summed E-state index contributed by atoms with van der Waals surface area (Å²) in [5.41, 5.74) is 3.75. The first kappa shape index (κ1) is 20.8. The third kappa shape index (κ3) is 6.02. The molecule has 0 spiro atoms. The van der Waals surface area contributed by atoms with E-state index >= 15 is 0 Å². The number of rotatable bonds is 7. The molecule has 152 valence electrons. The molecular formula is C21H31N5OS. The number of ether oxygens (including phenoxy) is 1. The van der Waals surface area contributed by atoms with Gasteiger partial charge in [-0.05, 0) is 19.4 Å². The quantitative estimate of drug-likeness (QED) is 0.551. The highest BCUT2D eigenvalue weighted by Gasteiger charge is 2.22. The monoisotopic (exact) mass is 401 g/mol. The highest BCUT2D eigenvalue weighted by Crippen LogP contribution is 2.21. The smallest absolute Gasteiger partial charge is 0.191 e. The molecule has 0 bridgehead atoms. The van der Waals surface area contributed by atoms with Crippen LogP contribution in [0.15, 0.2) is 34.6 Å². The molecule has 2 aromatic rings. The summed E-state index contributed by atoms with van der Waals surface area (Å²) in [5.74, 6) is 0.831. The van der Waals surface area contributed by atoms with Crippen molar-refractivity contribution in [3.05, 3.63) is 51.5 Å². The van der Waals surface area contributed by atoms with Crippen LogP contribution in [0.4, 0.5) is 0 Å². The van der Waals surface area contributed by atoms with Crippen molar-refractivity contribution in [3.8, 4) is 0 Å². The van der Waals surface area contributed by atoms with Crippen LogP contribution in [0.3, 0.4) is 0 Å². The van der Waals surface area contributed by atoms with Crippen molar-refractivity contribution in [1.29, 1.82) is 0 Å². The Balaban J connectivity index is 1.56. The molecule has 1 atom stereocenters. The molecule has 1 aromatic carbocycles. The number of aryl methyl sites for hydroxylation is 2. The van der Waals surface area contributed by atoms with E-state index in [4.69, 9.17) is 4.74 Å². The fourth-order valence-corrected chi connectivity index (χ4v) is 4.03. The van der Waals surface area contributed by atoms with Crippen LogP contribution < -0.4 is 10.6 Å². The number of aliphatic imine (C=N–C) groups is 1. The maximum Gasteiger partial charge on any atom is 0.191 e. The minimum atomic E-state index is 0.296. The molecule has 1 fully saturated rings. The second-order valence-electron chi connectivity index (χ2n) is 7.06. The SMILES string of the molecule is CN=C(NCCc1csc(C)n1)NCC(c1ccc(C)cc1)N1CCOCC1. The van der Waals surface area contributed by atoms with Gasteiger partial charge in [0, 0.05) is 45.0 Å². The van der Waals surface area contributed by atoms with E-state index in [1.54, 1.807) is 11.3 Å². The number of guanidine groups is 1. The zero-order valence-corrected chi connectivity index (χ0v) is 17.9. The van der Waals surface area contributed by atoms with Gasteiger partial charge in [-0.1, -0.05) is 29.8 Å². The molecule has 0 amide bonds. The highest BCUT2D eigenvalue weighted by molar-refractivity contribution is 7.09. The zero-order chi connectivity index (χ0) is 19.8. The lowest BCUT2D eigenvalue weighted by molar-refractivity contribution is 0.0170. The summed E-state index contributed by atoms with van der Waals surface area (Å²) < 4.78 is 5.55. The van der Waals surface area contributed by atoms with Crippen LogP contribution in [-0.2, 0) is 11.2 Å². The number of benzene rings is 1. The average Bonchev–Trinajstić information content (AvgIpc) is 3.14. The molecule has 0 saturated carbocycles. The van der Waals surface area contributed by atoms with Gasteiger partial charge in [-0.15, -0.1) is 11.3 Å². The van der Waals surface area contributed by atoms with Gasteiger partial charge in [0.1, 0.15) is 0 Å². The number of morpholine rings is 1. The highest BCUT2D eigenvalue weighted by atomic mass is 32.1. The normalized spacial score (nSPS) is 16.8. The largest absolute Gasteiger partial charge is 0.379 e. The molecule has 0 aliphatic carbocycles. The number of hydrogen-bond donors (Lipinski definition) is 2. The number of aromatic nitrogens is 1. The molecule has 1 aromatic heterocycles. The third-order valence-electron chi connectivity index (χ3n) is 4.98. The fraction of sp³-hybridized carbons (Fsp3) is 0.524. The van der Waals surface area contributed by atoms with Crippen molar-refractivity contribution >= 4 is 17.3 Å². The summed E-state index contributed by atoms with van der Waals surface area (Å²) in [6.07, 6.45) is 0.899. The van der Waals surface area contributed by atoms with Gasteiger partial charge in [-0.3, -0.25) is 9.89 Å². The summed E-state index contributed by atoms with van der Waals surface area (Å²) >= 11 is 1.70. The van der Waals surface area contributed by atoms with E-state index < -0.39 is 0 Å². The Labute approximate surface area is 172 Å². The van der Waals surface area contributed by atoms with Crippen LogP contribution in [0.5, 0.6) is 0 Å². The fourth-order valence-electron chi connectivity index (χ4n) is 3.38. The van der Waals surface area contributed by atoms with Crippen molar-refractivity contribution in [1.82, 2.24) is 20.5 Å². The molecule has 1 unspecified atom stereocenters. The van der Waals surface area contributed by atoms with Gasteiger partial charge in [0.15, 0.2) is 5.96 Å². The Hall–Kier alpha value is -1.96. The lowest BCUT2D eigenvalue weighted by atomic mass is 10.0. The maximum absolute atomic E-state index is 5.55. The van der Waals surface area contributed by atoms with Gasteiger partial charge < -0.3 is 15.4 Å². The number of thiazole rings is 1. The number of nitrogens with zero attached hydrogens (tertiary/aromatic N) is 3. The summed E-state index contributed by atoms with van der Waals surface area (Å²) in [7, 11) is 1.82. The van der Waals surface area contributed by atoms with Crippen LogP contribution in [0.25, 0.3) is 0 Å². The van der Waals surface area contributed by atoms with Gasteiger partial charge in [0.25, 0.3) is 0 Å². The molecule has 1 aliphatic rings. The average molecular weight is 402 g/mol. The first-order chi connectivity index (χ1) is 13.7. The van der Waals surface area contributed by atoms with Crippen LogP contribution >= 0.6 is 11.3 Å². The molecule has 2 heterocycles. The predicted octanol–water partition coefficient (Wildman–Crippen LogP) is 2.54. The molecule has 1 saturated heterocycles. The van der Waals surface area contributed by atoms with Crippen molar-refractivity contribution < 1.29 is 4.74 Å². The Kier molecular flexibility index (Phi) is 7.82. The lowest BCUT2D eigenvalue weighted by Gasteiger charge is -2.35. The Morgan fingerprint density at radius 3 is 2.61 bits per heavy atom. The first-order valence-electron chi connectivity index (χ1n) is 9.89. The Morgan fingerprint density at radius 1 is 1.21 bits per heavy atom. The standard InChI is InChI=1S/C21H31N5OS/c1-16-4-6-18(7-5-16)20(26-10-12-27-13-11-26)14-24-21(22-3)23-9-8-19-15-28-17(2)25-19/h4-7,15,20H,8-14H2,1-3H3,(H2,22,23,24). The summed E-state index contributed by atoms with van der Waals surface area (Å²) in [5, 5.41) is 10.2. The van der Waals surface area contributed by atoms with Crippen molar-refractivity contribution in [2.75, 3.05) is 46.4 Å². The third-order valence-corrected chi connectivity index (χ3v) is 5.80. The van der Waals surface area contributed by atoms with Gasteiger partial charge in [-0.2, -0.15) is 0 Å². The van der Waals surface area contributed by atoms with Crippen LogP contribution in [0.1, 0.15) is 27.9 Å². The minimum Gasteiger partial charge on any atom is -0.379 e. The molecule has 1 aliphatic heterocycles. The van der Waals surface area contributed by atoms with E-state index in [1.807, 2.05) is 14.0 Å². The van der Waals surface area contributed by atoms with Crippen LogP contribution in [0, 0.1) is 13.8 Å². The van der Waals surface area contributed by atoms with Gasteiger partial charge in [0.2, 0.25) is 0 Å². The van der Waals surface area contributed by atoms with Gasteiger partial charge >= 0.3 is 0 Å². The van der Waals surface area contributed by atoms with Crippen LogP contribution in [0.2, 0.25) is 0 Å². The second-order valence-corrected chi connectivity index (χ2v) is 8.12. The molecule has 7 heteroatoms. The molecule has 28 heavy (non-hydrogen) atoms. The minimum absolute atomic E-state index is 0.296. The molecule has 3 rings (SSSR count). The second kappa shape index (κ2) is 10.5. The van der Waals surface area contributed by atoms with Crippen LogP contribution in [-0.4, -0.2) is 62.3 Å². The van der Waals surface area contributed by atoms with Crippen molar-refractivity contribution in [2.24, 2.45) is 4.99 Å². The van der Waals surface area contributed by atoms with Crippen molar-refractivity contribution in [3.63, 3.8) is 0 Å². The van der Waals surface area contributed by atoms with Crippen molar-refractivity contribution in [2.45, 2.75) is 26.3 Å². The topological polar surface area (TPSA) is 61.8 Å². The van der Waals surface area contributed by atoms with E-state index in [9.17, 15) is 0 Å². The van der Waals surface area contributed by atoms with E-state index in [-0.39, 0.29) is 0 Å². The van der Waals surface area contributed by atoms with E-state index in [1.165, 1.54) is 11.1 Å².